The summed E-state index contributed by atoms with van der Waals surface area (Å²) in [5.74, 6) is 0. The van der Waals surface area contributed by atoms with Gasteiger partial charge in [0.15, 0.2) is 5.11 Å². The second kappa shape index (κ2) is 9.66. The number of sulfonamides is 1. The van der Waals surface area contributed by atoms with Crippen molar-refractivity contribution in [3.63, 3.8) is 0 Å². The Morgan fingerprint density at radius 2 is 1.62 bits per heavy atom. The lowest BCUT2D eigenvalue weighted by Crippen LogP contribution is -2.31. The highest BCUT2D eigenvalue weighted by molar-refractivity contribution is 7.89. The number of hydrogen-bond acceptors (Lipinski definition) is 3. The van der Waals surface area contributed by atoms with E-state index in [1.54, 1.807) is 24.3 Å². The van der Waals surface area contributed by atoms with Crippen LogP contribution in [0.1, 0.15) is 19.4 Å². The van der Waals surface area contributed by atoms with Gasteiger partial charge in [0.05, 0.1) is 4.90 Å². The zero-order valence-corrected chi connectivity index (χ0v) is 16.7. The number of nitrogens with zero attached hydrogens (tertiary/aromatic N) is 1. The van der Waals surface area contributed by atoms with Crippen LogP contribution in [0.4, 0.5) is 5.69 Å². The van der Waals surface area contributed by atoms with Crippen molar-refractivity contribution >= 4 is 33.0 Å². The van der Waals surface area contributed by atoms with E-state index in [0.29, 0.717) is 18.2 Å². The fourth-order valence-corrected chi connectivity index (χ4v) is 4.24. The third kappa shape index (κ3) is 5.52. The van der Waals surface area contributed by atoms with Gasteiger partial charge in [-0.25, -0.2) is 8.42 Å². The van der Waals surface area contributed by atoms with Crippen molar-refractivity contribution in [2.75, 3.05) is 25.0 Å². The van der Waals surface area contributed by atoms with Crippen LogP contribution in [0, 0.1) is 0 Å². The molecule has 2 aromatic carbocycles. The van der Waals surface area contributed by atoms with Crippen LogP contribution in [0.25, 0.3) is 0 Å². The highest BCUT2D eigenvalue weighted by Crippen LogP contribution is 2.18. The summed E-state index contributed by atoms with van der Waals surface area (Å²) in [6, 6.07) is 16.8. The standard InChI is InChI=1S/C19H25N3O2S2/c1-3-22(4-2)26(23,24)18-12-10-17(11-13-18)21-19(25)20-15-14-16-8-6-5-7-9-16/h5-13H,3-4,14-15H2,1-2H3,(H2,20,21,25). The molecule has 0 aliphatic carbocycles. The fraction of sp³-hybridized carbons (Fsp3) is 0.316. The largest absolute Gasteiger partial charge is 0.362 e. The van der Waals surface area contributed by atoms with Crippen LogP contribution in [0.3, 0.4) is 0 Å². The smallest absolute Gasteiger partial charge is 0.243 e. The molecule has 0 unspecified atom stereocenters. The summed E-state index contributed by atoms with van der Waals surface area (Å²) in [5.41, 5.74) is 1.99. The topological polar surface area (TPSA) is 61.4 Å². The molecule has 0 bridgehead atoms. The molecule has 26 heavy (non-hydrogen) atoms. The van der Waals surface area contributed by atoms with Crippen molar-refractivity contribution < 1.29 is 8.42 Å². The summed E-state index contributed by atoms with van der Waals surface area (Å²) >= 11 is 5.29. The minimum atomic E-state index is -3.43. The normalized spacial score (nSPS) is 11.3. The Kier molecular flexibility index (Phi) is 7.56. The highest BCUT2D eigenvalue weighted by atomic mass is 32.2. The highest BCUT2D eigenvalue weighted by Gasteiger charge is 2.21. The Hall–Kier alpha value is -1.96. The first-order valence-corrected chi connectivity index (χ1v) is 10.5. The first-order chi connectivity index (χ1) is 12.5. The van der Waals surface area contributed by atoms with Crippen LogP contribution in [-0.4, -0.2) is 37.5 Å². The number of thiocarbonyl (C=S) groups is 1. The predicted octanol–water partition coefficient (Wildman–Crippen LogP) is 3.25. The van der Waals surface area contributed by atoms with Crippen LogP contribution in [0.2, 0.25) is 0 Å². The Morgan fingerprint density at radius 3 is 2.19 bits per heavy atom. The first-order valence-electron chi connectivity index (χ1n) is 8.66. The molecule has 0 aliphatic heterocycles. The molecular formula is C19H25N3O2S2. The van der Waals surface area contributed by atoms with Gasteiger partial charge in [0.1, 0.15) is 0 Å². The Labute approximate surface area is 161 Å². The van der Waals surface area contributed by atoms with Gasteiger partial charge >= 0.3 is 0 Å². The lowest BCUT2D eigenvalue weighted by Gasteiger charge is -2.18. The molecule has 5 nitrogen and oxygen atoms in total. The summed E-state index contributed by atoms with van der Waals surface area (Å²) in [6.45, 7) is 5.29. The van der Waals surface area contributed by atoms with E-state index in [2.05, 4.69) is 22.8 Å². The van der Waals surface area contributed by atoms with Gasteiger partial charge in [0.2, 0.25) is 10.0 Å². The van der Waals surface area contributed by atoms with Crippen molar-refractivity contribution in [2.45, 2.75) is 25.2 Å². The third-order valence-electron chi connectivity index (χ3n) is 4.00. The molecule has 140 valence electrons. The Morgan fingerprint density at radius 1 is 1.00 bits per heavy atom. The van der Waals surface area contributed by atoms with E-state index in [-0.39, 0.29) is 4.90 Å². The van der Waals surface area contributed by atoms with E-state index in [1.807, 2.05) is 32.0 Å². The molecule has 0 aliphatic rings. The second-order valence-corrected chi connectivity index (χ2v) is 8.08. The molecule has 0 spiro atoms. The van der Waals surface area contributed by atoms with Gasteiger partial charge in [0.25, 0.3) is 0 Å². The van der Waals surface area contributed by atoms with Crippen LogP contribution in [0.15, 0.2) is 59.5 Å². The summed E-state index contributed by atoms with van der Waals surface area (Å²) in [7, 11) is -3.43. The van der Waals surface area contributed by atoms with Crippen molar-refractivity contribution in [1.82, 2.24) is 9.62 Å². The SMILES string of the molecule is CCN(CC)S(=O)(=O)c1ccc(NC(=S)NCCc2ccccc2)cc1. The number of nitrogens with one attached hydrogen (secondary N) is 2. The van der Waals surface area contributed by atoms with E-state index in [1.165, 1.54) is 9.87 Å². The summed E-state index contributed by atoms with van der Waals surface area (Å²) in [4.78, 5) is 0.287. The Balaban J connectivity index is 1.89. The quantitative estimate of drug-likeness (QED) is 0.677. The van der Waals surface area contributed by atoms with Crippen LogP contribution in [0.5, 0.6) is 0 Å². The maximum atomic E-state index is 12.5. The van der Waals surface area contributed by atoms with Crippen LogP contribution in [-0.2, 0) is 16.4 Å². The molecule has 0 saturated heterocycles. The maximum Gasteiger partial charge on any atom is 0.243 e. The molecule has 0 saturated carbocycles. The van der Waals surface area contributed by atoms with E-state index in [9.17, 15) is 8.42 Å². The van der Waals surface area contributed by atoms with E-state index >= 15 is 0 Å². The number of anilines is 1. The van der Waals surface area contributed by atoms with Crippen LogP contribution >= 0.6 is 12.2 Å². The molecule has 7 heteroatoms. The first kappa shape index (κ1) is 20.4. The number of benzene rings is 2. The number of rotatable bonds is 8. The lowest BCUT2D eigenvalue weighted by molar-refractivity contribution is 0.445. The zero-order chi connectivity index (χ0) is 19.0. The second-order valence-electron chi connectivity index (χ2n) is 5.73. The molecular weight excluding hydrogens is 366 g/mol. The molecule has 2 N–H and O–H groups in total. The summed E-state index contributed by atoms with van der Waals surface area (Å²) < 4.78 is 26.4. The van der Waals surface area contributed by atoms with Crippen molar-refractivity contribution in [3.8, 4) is 0 Å². The van der Waals surface area contributed by atoms with E-state index in [0.717, 1.165) is 18.7 Å². The van der Waals surface area contributed by atoms with E-state index in [4.69, 9.17) is 12.2 Å². The minimum absolute atomic E-state index is 0.287. The average molecular weight is 392 g/mol. The third-order valence-corrected chi connectivity index (χ3v) is 6.31. The summed E-state index contributed by atoms with van der Waals surface area (Å²) in [6.07, 6.45) is 0.879. The van der Waals surface area contributed by atoms with Crippen molar-refractivity contribution in [1.29, 1.82) is 0 Å². The number of hydrogen-bond donors (Lipinski definition) is 2. The molecule has 0 radical (unpaired) electrons. The van der Waals surface area contributed by atoms with Gasteiger partial charge in [0, 0.05) is 25.3 Å². The van der Waals surface area contributed by atoms with Gasteiger partial charge in [-0.1, -0.05) is 44.2 Å². The van der Waals surface area contributed by atoms with E-state index < -0.39 is 10.0 Å². The molecule has 2 rings (SSSR count). The molecule has 2 aromatic rings. The molecule has 0 amide bonds. The predicted molar refractivity (Wildman–Crippen MR) is 111 cm³/mol. The van der Waals surface area contributed by atoms with Gasteiger partial charge in [-0.15, -0.1) is 0 Å². The molecule has 0 aromatic heterocycles. The zero-order valence-electron chi connectivity index (χ0n) is 15.1. The van der Waals surface area contributed by atoms with Gasteiger partial charge in [-0.05, 0) is 48.5 Å². The van der Waals surface area contributed by atoms with Crippen molar-refractivity contribution in [3.05, 3.63) is 60.2 Å². The Bertz CT molecular complexity index is 802. The maximum absolute atomic E-state index is 12.5. The monoisotopic (exact) mass is 391 g/mol. The van der Waals surface area contributed by atoms with Gasteiger partial charge in [-0.3, -0.25) is 0 Å². The molecule has 0 fully saturated rings. The molecule has 0 atom stereocenters. The van der Waals surface area contributed by atoms with Gasteiger partial charge in [-0.2, -0.15) is 4.31 Å². The van der Waals surface area contributed by atoms with Crippen LogP contribution < -0.4 is 10.6 Å². The van der Waals surface area contributed by atoms with Gasteiger partial charge < -0.3 is 10.6 Å². The lowest BCUT2D eigenvalue weighted by atomic mass is 10.1. The molecule has 0 heterocycles. The van der Waals surface area contributed by atoms with Crippen molar-refractivity contribution in [2.24, 2.45) is 0 Å². The minimum Gasteiger partial charge on any atom is -0.362 e. The fourth-order valence-electron chi connectivity index (χ4n) is 2.56. The summed E-state index contributed by atoms with van der Waals surface area (Å²) in [5, 5.41) is 6.74. The average Bonchev–Trinajstić information content (AvgIpc) is 2.64.